The summed E-state index contributed by atoms with van der Waals surface area (Å²) in [6.45, 7) is 0. The number of thiazole rings is 1. The summed E-state index contributed by atoms with van der Waals surface area (Å²) in [4.78, 5) is 16.3. The molecule has 3 rings (SSSR count). The molecule has 3 nitrogen and oxygen atoms in total. The van der Waals surface area contributed by atoms with E-state index >= 15 is 0 Å². The number of halogens is 2. The van der Waals surface area contributed by atoms with Gasteiger partial charge in [-0.15, -0.1) is 0 Å². The van der Waals surface area contributed by atoms with Crippen LogP contribution in [-0.2, 0) is 11.2 Å². The van der Waals surface area contributed by atoms with Crippen LogP contribution in [0.3, 0.4) is 0 Å². The lowest BCUT2D eigenvalue weighted by molar-refractivity contribution is -0.116. The standard InChI is InChI=1S/C16H12ClFN2OS/c17-11-6-7-13-14(9-11)22-16(19-13)20-15(21)8-5-10-3-1-2-4-12(10)18/h1-4,6-7,9H,5,8H2,(H,19,20,21). The van der Waals surface area contributed by atoms with Crippen molar-refractivity contribution in [3.05, 3.63) is 58.9 Å². The second-order valence-corrected chi connectivity index (χ2v) is 6.24. The second kappa shape index (κ2) is 6.42. The lowest BCUT2D eigenvalue weighted by Crippen LogP contribution is -2.12. The lowest BCUT2D eigenvalue weighted by atomic mass is 10.1. The van der Waals surface area contributed by atoms with Crippen LogP contribution < -0.4 is 5.32 Å². The van der Waals surface area contributed by atoms with E-state index in [0.717, 1.165) is 10.2 Å². The van der Waals surface area contributed by atoms with Gasteiger partial charge in [-0.05, 0) is 36.2 Å². The molecule has 0 saturated carbocycles. The van der Waals surface area contributed by atoms with Gasteiger partial charge in [0.15, 0.2) is 5.13 Å². The third kappa shape index (κ3) is 3.43. The molecule has 0 aliphatic heterocycles. The third-order valence-electron chi connectivity index (χ3n) is 3.18. The van der Waals surface area contributed by atoms with E-state index in [4.69, 9.17) is 11.6 Å². The number of amides is 1. The third-order valence-corrected chi connectivity index (χ3v) is 4.34. The van der Waals surface area contributed by atoms with Gasteiger partial charge < -0.3 is 5.32 Å². The lowest BCUT2D eigenvalue weighted by Gasteiger charge is -2.03. The smallest absolute Gasteiger partial charge is 0.226 e. The molecule has 0 atom stereocenters. The minimum absolute atomic E-state index is 0.187. The summed E-state index contributed by atoms with van der Waals surface area (Å²) in [5.41, 5.74) is 1.33. The van der Waals surface area contributed by atoms with Crippen LogP contribution in [0.1, 0.15) is 12.0 Å². The molecule has 0 aliphatic carbocycles. The number of carbonyl (C=O) groups is 1. The number of fused-ring (bicyclic) bond motifs is 1. The van der Waals surface area contributed by atoms with Gasteiger partial charge in [-0.3, -0.25) is 4.79 Å². The average molecular weight is 335 g/mol. The fourth-order valence-electron chi connectivity index (χ4n) is 2.08. The highest BCUT2D eigenvalue weighted by molar-refractivity contribution is 7.22. The fourth-order valence-corrected chi connectivity index (χ4v) is 3.24. The van der Waals surface area contributed by atoms with Crippen molar-refractivity contribution >= 4 is 44.2 Å². The van der Waals surface area contributed by atoms with Crippen molar-refractivity contribution in [1.82, 2.24) is 4.98 Å². The molecular formula is C16H12ClFN2OS. The number of benzene rings is 2. The van der Waals surface area contributed by atoms with Crippen molar-refractivity contribution in [2.45, 2.75) is 12.8 Å². The van der Waals surface area contributed by atoms with Gasteiger partial charge in [0, 0.05) is 11.4 Å². The quantitative estimate of drug-likeness (QED) is 0.754. The van der Waals surface area contributed by atoms with Gasteiger partial charge in [-0.25, -0.2) is 9.37 Å². The van der Waals surface area contributed by atoms with Gasteiger partial charge in [0.2, 0.25) is 5.91 Å². The zero-order chi connectivity index (χ0) is 15.5. The molecule has 6 heteroatoms. The van der Waals surface area contributed by atoms with Crippen molar-refractivity contribution in [3.63, 3.8) is 0 Å². The molecule has 1 heterocycles. The number of aryl methyl sites for hydroxylation is 1. The van der Waals surface area contributed by atoms with Gasteiger partial charge in [-0.1, -0.05) is 41.1 Å². The molecule has 3 aromatic rings. The molecular weight excluding hydrogens is 323 g/mol. The Morgan fingerprint density at radius 3 is 2.91 bits per heavy atom. The van der Waals surface area contributed by atoms with E-state index in [0.29, 0.717) is 22.1 Å². The predicted octanol–water partition coefficient (Wildman–Crippen LogP) is 4.66. The highest BCUT2D eigenvalue weighted by Gasteiger charge is 2.09. The number of nitrogens with one attached hydrogen (secondary N) is 1. The Morgan fingerprint density at radius 1 is 1.27 bits per heavy atom. The number of anilines is 1. The first-order valence-corrected chi connectivity index (χ1v) is 7.90. The maximum absolute atomic E-state index is 13.5. The molecule has 1 aromatic heterocycles. The zero-order valence-corrected chi connectivity index (χ0v) is 13.0. The maximum atomic E-state index is 13.5. The Labute approximate surface area is 135 Å². The molecule has 0 unspecified atom stereocenters. The van der Waals surface area contributed by atoms with Crippen LogP contribution in [0.2, 0.25) is 5.02 Å². The normalized spacial score (nSPS) is 10.8. The summed E-state index contributed by atoms with van der Waals surface area (Å²) >= 11 is 7.29. The van der Waals surface area contributed by atoms with Crippen LogP contribution in [0, 0.1) is 5.82 Å². The Balaban J connectivity index is 1.64. The molecule has 0 aliphatic rings. The molecule has 1 amide bonds. The van der Waals surface area contributed by atoms with Crippen LogP contribution in [0.5, 0.6) is 0 Å². The van der Waals surface area contributed by atoms with Gasteiger partial charge in [-0.2, -0.15) is 0 Å². The van der Waals surface area contributed by atoms with Crippen LogP contribution in [0.25, 0.3) is 10.2 Å². The molecule has 0 radical (unpaired) electrons. The summed E-state index contributed by atoms with van der Waals surface area (Å²) in [5.74, 6) is -0.474. The first-order chi connectivity index (χ1) is 10.6. The number of hydrogen-bond donors (Lipinski definition) is 1. The van der Waals surface area contributed by atoms with Crippen molar-refractivity contribution < 1.29 is 9.18 Å². The molecule has 1 N–H and O–H groups in total. The van der Waals surface area contributed by atoms with E-state index in [1.165, 1.54) is 17.4 Å². The average Bonchev–Trinajstić information content (AvgIpc) is 2.87. The van der Waals surface area contributed by atoms with Gasteiger partial charge in [0.1, 0.15) is 5.82 Å². The number of aromatic nitrogens is 1. The summed E-state index contributed by atoms with van der Waals surface area (Å²) < 4.78 is 14.4. The molecule has 0 saturated heterocycles. The van der Waals surface area contributed by atoms with Crippen molar-refractivity contribution in [2.24, 2.45) is 0 Å². The predicted molar refractivity (Wildman–Crippen MR) is 88.0 cm³/mol. The first-order valence-electron chi connectivity index (χ1n) is 6.71. The number of hydrogen-bond acceptors (Lipinski definition) is 3. The Morgan fingerprint density at radius 2 is 2.09 bits per heavy atom. The number of nitrogens with zero attached hydrogens (tertiary/aromatic N) is 1. The van der Waals surface area contributed by atoms with E-state index in [9.17, 15) is 9.18 Å². The minimum Gasteiger partial charge on any atom is -0.302 e. The topological polar surface area (TPSA) is 42.0 Å². The Kier molecular flexibility index (Phi) is 4.36. The number of carbonyl (C=O) groups excluding carboxylic acids is 1. The van der Waals surface area contributed by atoms with Crippen LogP contribution in [0.15, 0.2) is 42.5 Å². The van der Waals surface area contributed by atoms with E-state index in [1.807, 2.05) is 12.1 Å². The van der Waals surface area contributed by atoms with Crippen LogP contribution in [0.4, 0.5) is 9.52 Å². The maximum Gasteiger partial charge on any atom is 0.226 e. The molecule has 22 heavy (non-hydrogen) atoms. The zero-order valence-electron chi connectivity index (χ0n) is 11.5. The SMILES string of the molecule is O=C(CCc1ccccc1F)Nc1nc2ccc(Cl)cc2s1. The molecule has 0 spiro atoms. The summed E-state index contributed by atoms with van der Waals surface area (Å²) in [6.07, 6.45) is 0.562. The summed E-state index contributed by atoms with van der Waals surface area (Å²) in [6, 6.07) is 11.8. The summed E-state index contributed by atoms with van der Waals surface area (Å²) in [5, 5.41) is 3.90. The second-order valence-electron chi connectivity index (χ2n) is 4.77. The molecule has 2 aromatic carbocycles. The molecule has 112 valence electrons. The first kappa shape index (κ1) is 14.9. The highest BCUT2D eigenvalue weighted by atomic mass is 35.5. The van der Waals surface area contributed by atoms with Gasteiger partial charge >= 0.3 is 0 Å². The largest absolute Gasteiger partial charge is 0.302 e. The number of rotatable bonds is 4. The van der Waals surface area contributed by atoms with E-state index in [2.05, 4.69) is 10.3 Å². The highest BCUT2D eigenvalue weighted by Crippen LogP contribution is 2.28. The van der Waals surface area contributed by atoms with Crippen LogP contribution in [-0.4, -0.2) is 10.9 Å². The Bertz CT molecular complexity index is 834. The Hall–Kier alpha value is -1.98. The van der Waals surface area contributed by atoms with E-state index in [-0.39, 0.29) is 18.1 Å². The fraction of sp³-hybridized carbons (Fsp3) is 0.125. The van der Waals surface area contributed by atoms with Crippen molar-refractivity contribution in [3.8, 4) is 0 Å². The van der Waals surface area contributed by atoms with E-state index in [1.54, 1.807) is 24.3 Å². The van der Waals surface area contributed by atoms with Crippen molar-refractivity contribution in [2.75, 3.05) is 5.32 Å². The minimum atomic E-state index is -0.287. The van der Waals surface area contributed by atoms with E-state index < -0.39 is 0 Å². The van der Waals surface area contributed by atoms with Gasteiger partial charge in [0.05, 0.1) is 10.2 Å². The summed E-state index contributed by atoms with van der Waals surface area (Å²) in [7, 11) is 0. The molecule has 0 fully saturated rings. The monoisotopic (exact) mass is 334 g/mol. The van der Waals surface area contributed by atoms with Crippen LogP contribution >= 0.6 is 22.9 Å². The molecule has 0 bridgehead atoms. The van der Waals surface area contributed by atoms with Gasteiger partial charge in [0.25, 0.3) is 0 Å². The van der Waals surface area contributed by atoms with Crippen molar-refractivity contribution in [1.29, 1.82) is 0 Å².